The summed E-state index contributed by atoms with van der Waals surface area (Å²) in [5, 5.41) is 3.13. The van der Waals surface area contributed by atoms with Gasteiger partial charge >= 0.3 is 0 Å². The third-order valence-electron chi connectivity index (χ3n) is 6.42. The molecule has 0 unspecified atom stereocenters. The lowest BCUT2D eigenvalue weighted by atomic mass is 9.93. The second-order valence-electron chi connectivity index (χ2n) is 9.02. The van der Waals surface area contributed by atoms with Gasteiger partial charge in [0, 0.05) is 19.1 Å². The van der Waals surface area contributed by atoms with Crippen molar-refractivity contribution in [1.29, 1.82) is 0 Å². The Labute approximate surface area is 191 Å². The summed E-state index contributed by atoms with van der Waals surface area (Å²) in [6.45, 7) is 4.03. The topological polar surface area (TPSA) is 96.0 Å². The van der Waals surface area contributed by atoms with Crippen molar-refractivity contribution in [2.45, 2.75) is 70.5 Å². The van der Waals surface area contributed by atoms with E-state index in [4.69, 9.17) is 4.74 Å². The highest BCUT2D eigenvalue weighted by molar-refractivity contribution is 7.88. The van der Waals surface area contributed by atoms with Gasteiger partial charge in [-0.25, -0.2) is 8.42 Å². The molecule has 9 heteroatoms. The van der Waals surface area contributed by atoms with Crippen LogP contribution in [0.25, 0.3) is 0 Å². The van der Waals surface area contributed by atoms with E-state index in [2.05, 4.69) is 5.32 Å². The van der Waals surface area contributed by atoms with Gasteiger partial charge in [-0.3, -0.25) is 9.59 Å². The summed E-state index contributed by atoms with van der Waals surface area (Å²) in [4.78, 5) is 28.1. The van der Waals surface area contributed by atoms with Crippen LogP contribution in [0, 0.1) is 0 Å². The summed E-state index contributed by atoms with van der Waals surface area (Å²) in [6, 6.07) is 7.45. The maximum absolute atomic E-state index is 13.5. The van der Waals surface area contributed by atoms with Gasteiger partial charge in [0.15, 0.2) is 0 Å². The zero-order valence-electron chi connectivity index (χ0n) is 19.3. The smallest absolute Gasteiger partial charge is 0.247 e. The summed E-state index contributed by atoms with van der Waals surface area (Å²) < 4.78 is 31.1. The van der Waals surface area contributed by atoms with Crippen molar-refractivity contribution in [3.05, 3.63) is 29.8 Å². The number of carbonyl (C=O) groups is 2. The molecule has 1 aromatic carbocycles. The predicted molar refractivity (Wildman–Crippen MR) is 123 cm³/mol. The SMILES string of the molecule is CCOc1ccc(CN2C(=O)CN(S(C)(=O)=O)C[C@]2(C)C(=O)NC2CCCCCC2)cc1. The van der Waals surface area contributed by atoms with Crippen molar-refractivity contribution >= 4 is 21.8 Å². The number of hydrogen-bond donors (Lipinski definition) is 1. The fourth-order valence-electron chi connectivity index (χ4n) is 4.49. The standard InChI is InChI=1S/C23H35N3O5S/c1-4-31-20-13-11-18(12-14-20)15-26-21(27)16-25(32(3,29)30)17-23(26,2)22(28)24-19-9-7-5-6-8-10-19/h11-14,19H,4-10,15-17H2,1-3H3,(H,24,28)/t23-/m1/s1. The van der Waals surface area contributed by atoms with Gasteiger partial charge in [-0.15, -0.1) is 0 Å². The number of hydrogen-bond acceptors (Lipinski definition) is 5. The first-order chi connectivity index (χ1) is 15.1. The highest BCUT2D eigenvalue weighted by Gasteiger charge is 2.49. The van der Waals surface area contributed by atoms with E-state index in [-0.39, 0.29) is 37.5 Å². The number of carbonyl (C=O) groups excluding carboxylic acids is 2. The van der Waals surface area contributed by atoms with Gasteiger partial charge in [0.05, 0.1) is 19.4 Å². The molecule has 1 N–H and O–H groups in total. The molecule has 32 heavy (non-hydrogen) atoms. The van der Waals surface area contributed by atoms with E-state index in [0.29, 0.717) is 6.61 Å². The molecule has 178 valence electrons. The van der Waals surface area contributed by atoms with Crippen LogP contribution in [-0.2, 0) is 26.2 Å². The van der Waals surface area contributed by atoms with Crippen molar-refractivity contribution in [3.63, 3.8) is 0 Å². The first kappa shape index (κ1) is 24.5. The predicted octanol–water partition coefficient (Wildman–Crippen LogP) is 2.29. The van der Waals surface area contributed by atoms with E-state index < -0.39 is 15.6 Å². The molecular weight excluding hydrogens is 430 g/mol. The molecule has 1 heterocycles. The second-order valence-corrected chi connectivity index (χ2v) is 11.0. The van der Waals surface area contributed by atoms with E-state index in [9.17, 15) is 18.0 Å². The van der Waals surface area contributed by atoms with Crippen LogP contribution in [-0.4, -0.2) is 67.0 Å². The molecule has 0 aromatic heterocycles. The van der Waals surface area contributed by atoms with Crippen LogP contribution in [0.4, 0.5) is 0 Å². The third-order valence-corrected chi connectivity index (χ3v) is 7.61. The number of benzene rings is 1. The van der Waals surface area contributed by atoms with Crippen molar-refractivity contribution in [1.82, 2.24) is 14.5 Å². The Morgan fingerprint density at radius 2 is 1.78 bits per heavy atom. The molecule has 2 aliphatic rings. The van der Waals surface area contributed by atoms with Crippen molar-refractivity contribution in [2.75, 3.05) is 26.0 Å². The van der Waals surface area contributed by atoms with Crippen LogP contribution < -0.4 is 10.1 Å². The quantitative estimate of drug-likeness (QED) is 0.624. The van der Waals surface area contributed by atoms with E-state index in [0.717, 1.165) is 60.4 Å². The monoisotopic (exact) mass is 465 g/mol. The van der Waals surface area contributed by atoms with Crippen LogP contribution in [0.2, 0.25) is 0 Å². The fraction of sp³-hybridized carbons (Fsp3) is 0.652. The summed E-state index contributed by atoms with van der Waals surface area (Å²) >= 11 is 0. The Bertz CT molecular complexity index is 910. The molecule has 1 atom stereocenters. The second kappa shape index (κ2) is 10.2. The molecule has 2 amide bonds. The minimum atomic E-state index is -3.62. The highest BCUT2D eigenvalue weighted by Crippen LogP contribution is 2.28. The molecule has 1 aliphatic carbocycles. The lowest BCUT2D eigenvalue weighted by Gasteiger charge is -2.47. The number of amides is 2. The minimum absolute atomic E-state index is 0.0536. The van der Waals surface area contributed by atoms with Gasteiger partial charge in [0.1, 0.15) is 11.3 Å². The van der Waals surface area contributed by atoms with Gasteiger partial charge in [0.2, 0.25) is 21.8 Å². The van der Waals surface area contributed by atoms with E-state index in [1.807, 2.05) is 31.2 Å². The Balaban J connectivity index is 1.85. The van der Waals surface area contributed by atoms with Crippen molar-refractivity contribution in [2.24, 2.45) is 0 Å². The van der Waals surface area contributed by atoms with Gasteiger partial charge in [-0.2, -0.15) is 4.31 Å². The normalized spacial score (nSPS) is 23.6. The van der Waals surface area contributed by atoms with Crippen molar-refractivity contribution in [3.8, 4) is 5.75 Å². The number of piperazine rings is 1. The molecule has 1 aromatic rings. The van der Waals surface area contributed by atoms with Crippen LogP contribution in [0.1, 0.15) is 57.9 Å². The molecule has 0 radical (unpaired) electrons. The van der Waals surface area contributed by atoms with E-state index >= 15 is 0 Å². The lowest BCUT2D eigenvalue weighted by molar-refractivity contribution is -0.154. The molecule has 2 fully saturated rings. The average molecular weight is 466 g/mol. The minimum Gasteiger partial charge on any atom is -0.494 e. The Kier molecular flexibility index (Phi) is 7.82. The maximum Gasteiger partial charge on any atom is 0.247 e. The maximum atomic E-state index is 13.5. The molecule has 0 bridgehead atoms. The van der Waals surface area contributed by atoms with E-state index in [1.54, 1.807) is 6.92 Å². The number of ether oxygens (including phenoxy) is 1. The first-order valence-corrected chi connectivity index (χ1v) is 13.3. The van der Waals surface area contributed by atoms with Gasteiger partial charge < -0.3 is 15.0 Å². The summed E-state index contributed by atoms with van der Waals surface area (Å²) in [5.74, 6) is 0.0597. The molecule has 0 spiro atoms. The number of sulfonamides is 1. The third kappa shape index (κ3) is 5.81. The first-order valence-electron chi connectivity index (χ1n) is 11.4. The van der Waals surface area contributed by atoms with Gasteiger partial charge in [0.25, 0.3) is 0 Å². The molecule has 1 saturated heterocycles. The lowest BCUT2D eigenvalue weighted by Crippen LogP contribution is -2.69. The molecule has 8 nitrogen and oxygen atoms in total. The zero-order valence-corrected chi connectivity index (χ0v) is 20.1. The fourth-order valence-corrected chi connectivity index (χ4v) is 5.32. The van der Waals surface area contributed by atoms with Crippen LogP contribution >= 0.6 is 0 Å². The highest BCUT2D eigenvalue weighted by atomic mass is 32.2. The van der Waals surface area contributed by atoms with Crippen LogP contribution in [0.5, 0.6) is 5.75 Å². The largest absolute Gasteiger partial charge is 0.494 e. The molecule has 1 aliphatic heterocycles. The number of nitrogens with one attached hydrogen (secondary N) is 1. The Morgan fingerprint density at radius 1 is 1.16 bits per heavy atom. The average Bonchev–Trinajstić information content (AvgIpc) is 3.00. The van der Waals surface area contributed by atoms with Gasteiger partial charge in [-0.1, -0.05) is 37.8 Å². The number of nitrogens with zero attached hydrogens (tertiary/aromatic N) is 2. The molecule has 1 saturated carbocycles. The Morgan fingerprint density at radius 3 is 2.34 bits per heavy atom. The summed E-state index contributed by atoms with van der Waals surface area (Å²) in [5.41, 5.74) is -0.452. The van der Waals surface area contributed by atoms with Crippen molar-refractivity contribution < 1.29 is 22.7 Å². The Hall–Kier alpha value is -2.13. The summed E-state index contributed by atoms with van der Waals surface area (Å²) in [7, 11) is -3.62. The number of rotatable bonds is 7. The van der Waals surface area contributed by atoms with Gasteiger partial charge in [-0.05, 0) is 44.4 Å². The molecule has 3 rings (SSSR count). The zero-order chi connectivity index (χ0) is 23.4. The van der Waals surface area contributed by atoms with E-state index in [1.165, 1.54) is 4.90 Å². The molecular formula is C23H35N3O5S. The van der Waals surface area contributed by atoms with Crippen LogP contribution in [0.15, 0.2) is 24.3 Å². The summed E-state index contributed by atoms with van der Waals surface area (Å²) in [6.07, 6.45) is 7.33. The van der Waals surface area contributed by atoms with Crippen LogP contribution in [0.3, 0.4) is 0 Å².